The van der Waals surface area contributed by atoms with Crippen molar-refractivity contribution in [2.45, 2.75) is 129 Å². The lowest BCUT2D eigenvalue weighted by atomic mass is 9.86. The minimum Gasteiger partial charge on any atom is -0.493 e. The Hall–Kier alpha value is -6.80. The maximum absolute atomic E-state index is 13.1. The monoisotopic (exact) mass is 1080 g/mol. The van der Waals surface area contributed by atoms with Crippen molar-refractivity contribution in [1.29, 1.82) is 0 Å². The van der Waals surface area contributed by atoms with Crippen molar-refractivity contribution >= 4 is 11.8 Å². The number of rotatable bonds is 14. The highest BCUT2D eigenvalue weighted by Gasteiger charge is 2.40. The normalized spacial score (nSPS) is 20.1. The number of hydrogen-bond donors (Lipinski definition) is 0. The molecule has 4 aliphatic rings. The van der Waals surface area contributed by atoms with E-state index in [1.165, 1.54) is 46.5 Å². The summed E-state index contributed by atoms with van der Waals surface area (Å²) in [5.74, 6) is 1.38. The number of alkyl halides is 6. The van der Waals surface area contributed by atoms with Gasteiger partial charge in [0.15, 0.2) is 0 Å². The van der Waals surface area contributed by atoms with Crippen LogP contribution in [0.1, 0.15) is 129 Å². The fourth-order valence-electron chi connectivity index (χ4n) is 11.7. The number of amides is 2. The van der Waals surface area contributed by atoms with E-state index in [-0.39, 0.29) is 36.0 Å². The van der Waals surface area contributed by atoms with Gasteiger partial charge in [0.25, 0.3) is 11.8 Å². The van der Waals surface area contributed by atoms with E-state index >= 15 is 0 Å². The minimum atomic E-state index is -4.41. The van der Waals surface area contributed by atoms with Gasteiger partial charge in [-0.05, 0) is 160 Å². The van der Waals surface area contributed by atoms with Crippen molar-refractivity contribution in [3.63, 3.8) is 0 Å². The summed E-state index contributed by atoms with van der Waals surface area (Å²) in [6, 6.07) is 18.6. The molecule has 0 N–H and O–H groups in total. The van der Waals surface area contributed by atoms with Crippen LogP contribution in [0.4, 0.5) is 26.3 Å². The molecule has 0 aliphatic carbocycles. The highest BCUT2D eigenvalue weighted by molar-refractivity contribution is 5.95. The van der Waals surface area contributed by atoms with Gasteiger partial charge >= 0.3 is 12.4 Å². The molecule has 0 spiro atoms. The number of fused-ring (bicyclic) bond motifs is 2. The van der Waals surface area contributed by atoms with Crippen molar-refractivity contribution in [3.05, 3.63) is 153 Å². The molecule has 14 nitrogen and oxygen atoms in total. The van der Waals surface area contributed by atoms with E-state index in [0.717, 1.165) is 124 Å². The highest BCUT2D eigenvalue weighted by atomic mass is 19.4. The number of piperazine rings is 2. The fraction of sp³-hybridized carbons (Fsp3) is 0.483. The summed E-state index contributed by atoms with van der Waals surface area (Å²) < 4.78 is 93.3. The number of carbonyl (C=O) groups is 2. The average molecular weight is 1080 g/mol. The fourth-order valence-corrected chi connectivity index (χ4v) is 11.7. The van der Waals surface area contributed by atoms with E-state index in [1.807, 2.05) is 12.4 Å². The van der Waals surface area contributed by atoms with Crippen molar-refractivity contribution in [3.8, 4) is 11.5 Å². The Bertz CT molecular complexity index is 2750. The lowest BCUT2D eigenvalue weighted by Gasteiger charge is -2.49. The zero-order chi connectivity index (χ0) is 55.1. The van der Waals surface area contributed by atoms with E-state index in [4.69, 9.17) is 9.47 Å². The summed E-state index contributed by atoms with van der Waals surface area (Å²) in [5.41, 5.74) is 6.47. The molecule has 2 unspecified atom stereocenters. The van der Waals surface area contributed by atoms with Crippen molar-refractivity contribution in [1.82, 2.24) is 49.6 Å². The molecule has 0 saturated carbocycles. The maximum Gasteiger partial charge on any atom is 0.416 e. The number of aryl methyl sites for hydroxylation is 2. The molecule has 6 heterocycles. The van der Waals surface area contributed by atoms with E-state index in [1.54, 1.807) is 31.6 Å². The number of nitrogens with zero attached hydrogens (tertiary/aromatic N) is 10. The molecule has 4 fully saturated rings. The third-order valence-electron chi connectivity index (χ3n) is 16.2. The standard InChI is InChI=1S/2C29H34F3N5O2/c2*1-20-21(2)27(39-18-4-14-36-15-13-33-34-36)12-11-25(20)26-6-3-5-24-19-35(16-17-37(24)26)28(38)22-7-9-23(10-8-22)29(30,31)32/h2*7-13,15,24,26H,3-6,14,16-19H2,1-2H3/t2*24-,26?/m00/s1. The summed E-state index contributed by atoms with van der Waals surface area (Å²) in [6.07, 6.45) is 6.10. The predicted octanol–water partition coefficient (Wildman–Crippen LogP) is 10.9. The Kier molecular flexibility index (Phi) is 17.6. The van der Waals surface area contributed by atoms with Gasteiger partial charge in [0.1, 0.15) is 11.5 Å². The minimum absolute atomic E-state index is 0.206. The molecule has 416 valence electrons. The molecule has 0 bridgehead atoms. The number of hydrogen-bond acceptors (Lipinski definition) is 10. The van der Waals surface area contributed by atoms with Crippen LogP contribution in [0.25, 0.3) is 0 Å². The van der Waals surface area contributed by atoms with Gasteiger partial charge < -0.3 is 19.3 Å². The van der Waals surface area contributed by atoms with Gasteiger partial charge in [-0.25, -0.2) is 0 Å². The second-order valence-electron chi connectivity index (χ2n) is 20.9. The lowest BCUT2D eigenvalue weighted by molar-refractivity contribution is -0.138. The average Bonchev–Trinajstić information content (AvgIpc) is 4.21. The topological polar surface area (TPSA) is 127 Å². The molecule has 2 aromatic heterocycles. The summed E-state index contributed by atoms with van der Waals surface area (Å²) >= 11 is 0. The smallest absolute Gasteiger partial charge is 0.416 e. The predicted molar refractivity (Wildman–Crippen MR) is 281 cm³/mol. The first kappa shape index (κ1) is 55.9. The van der Waals surface area contributed by atoms with Crippen LogP contribution < -0.4 is 9.47 Å². The van der Waals surface area contributed by atoms with Gasteiger partial charge in [-0.2, -0.15) is 26.3 Å². The zero-order valence-electron chi connectivity index (χ0n) is 44.6. The van der Waals surface area contributed by atoms with Crippen molar-refractivity contribution in [2.75, 3.05) is 52.5 Å². The molecule has 4 saturated heterocycles. The van der Waals surface area contributed by atoms with Crippen LogP contribution in [-0.2, 0) is 25.4 Å². The van der Waals surface area contributed by atoms with E-state index in [0.29, 0.717) is 50.5 Å². The lowest BCUT2D eigenvalue weighted by Crippen LogP contribution is -2.57. The summed E-state index contributed by atoms with van der Waals surface area (Å²) in [4.78, 5) is 34.8. The summed E-state index contributed by atoms with van der Waals surface area (Å²) in [6.45, 7) is 15.0. The van der Waals surface area contributed by atoms with E-state index < -0.39 is 23.5 Å². The Labute approximate surface area is 451 Å². The molecule has 6 aromatic rings. The number of carbonyl (C=O) groups excluding carboxylic acids is 2. The third-order valence-corrected chi connectivity index (χ3v) is 16.2. The van der Waals surface area contributed by atoms with Gasteiger partial charge in [-0.1, -0.05) is 22.6 Å². The molecular weight excluding hydrogens is 1010 g/mol. The van der Waals surface area contributed by atoms with Crippen LogP contribution in [0.3, 0.4) is 0 Å². The first-order chi connectivity index (χ1) is 37.4. The Morgan fingerprint density at radius 2 is 0.923 bits per heavy atom. The number of benzene rings is 4. The molecule has 4 atom stereocenters. The van der Waals surface area contributed by atoms with Crippen molar-refractivity contribution in [2.24, 2.45) is 0 Å². The second kappa shape index (κ2) is 24.5. The van der Waals surface area contributed by atoms with Crippen LogP contribution in [0.15, 0.2) is 97.6 Å². The quantitative estimate of drug-likeness (QED) is 0.0768. The molecule has 0 radical (unpaired) electrons. The van der Waals surface area contributed by atoms with Gasteiger partial charge in [0.2, 0.25) is 0 Å². The number of piperidine rings is 2. The second-order valence-corrected chi connectivity index (χ2v) is 20.9. The van der Waals surface area contributed by atoms with E-state index in [9.17, 15) is 35.9 Å². The molecule has 78 heavy (non-hydrogen) atoms. The van der Waals surface area contributed by atoms with Gasteiger partial charge in [-0.15, -0.1) is 10.2 Å². The maximum atomic E-state index is 13.1. The molecular formula is C58H68F6N10O4. The highest BCUT2D eigenvalue weighted by Crippen LogP contribution is 2.42. The first-order valence-electron chi connectivity index (χ1n) is 27.0. The number of ether oxygens (including phenoxy) is 2. The Morgan fingerprint density at radius 3 is 1.28 bits per heavy atom. The molecule has 4 aromatic carbocycles. The molecule has 2 amide bonds. The first-order valence-corrected chi connectivity index (χ1v) is 27.0. The van der Waals surface area contributed by atoms with Crippen LogP contribution in [0.5, 0.6) is 11.5 Å². The Morgan fingerprint density at radius 1 is 0.526 bits per heavy atom. The SMILES string of the molecule is Cc1c(OCCCn2ccnn2)ccc(C2CCC[C@H]3CN(C(=O)c4ccc(C(F)(F)F)cc4)CCN23)c1C.Cc1c(OCCCn2ccnn2)ccc(C2CCC[C@H]3CN(C(=O)c4ccc(C(F)(F)F)cc4)CCN23)c1C. The molecule has 20 heteroatoms. The Balaban J connectivity index is 0.000000190. The molecule has 10 rings (SSSR count). The number of halogens is 6. The van der Waals surface area contributed by atoms with Crippen LogP contribution >= 0.6 is 0 Å². The van der Waals surface area contributed by atoms with Crippen LogP contribution in [0, 0.1) is 27.7 Å². The molecule has 4 aliphatic heterocycles. The summed E-state index contributed by atoms with van der Waals surface area (Å²) in [5, 5.41) is 15.6. The van der Waals surface area contributed by atoms with Crippen LogP contribution in [0.2, 0.25) is 0 Å². The van der Waals surface area contributed by atoms with Crippen LogP contribution in [-0.4, -0.2) is 126 Å². The van der Waals surface area contributed by atoms with E-state index in [2.05, 4.69) is 82.4 Å². The largest absolute Gasteiger partial charge is 0.493 e. The van der Waals surface area contributed by atoms with Crippen molar-refractivity contribution < 1.29 is 45.4 Å². The number of aromatic nitrogens is 6. The van der Waals surface area contributed by atoms with Gasteiger partial charge in [-0.3, -0.25) is 28.8 Å². The third kappa shape index (κ3) is 13.0. The summed E-state index contributed by atoms with van der Waals surface area (Å²) in [7, 11) is 0. The van der Waals surface area contributed by atoms with Gasteiger partial charge in [0, 0.05) is 113 Å². The zero-order valence-corrected chi connectivity index (χ0v) is 44.6. The van der Waals surface area contributed by atoms with Gasteiger partial charge in [0.05, 0.1) is 36.7 Å².